The minimum atomic E-state index is -0.789. The van der Waals surface area contributed by atoms with Gasteiger partial charge in [-0.15, -0.1) is 0 Å². The smallest absolute Gasteiger partial charge is 0.307 e. The third-order valence-electron chi connectivity index (χ3n) is 2.64. The zero-order valence-corrected chi connectivity index (χ0v) is 10.8. The fraction of sp³-hybridized carbons (Fsp3) is 0.385. The number of esters is 1. The minimum Gasteiger partial charge on any atom is -0.469 e. The molecule has 0 fully saturated rings. The number of benzene rings is 1. The van der Waals surface area contributed by atoms with Gasteiger partial charge in [-0.3, -0.25) is 9.59 Å². The molecule has 1 aromatic rings. The maximum Gasteiger partial charge on any atom is 0.307 e. The van der Waals surface area contributed by atoms with Crippen LogP contribution in [0.4, 0.5) is 8.78 Å². The average molecular weight is 271 g/mol. The lowest BCUT2D eigenvalue weighted by Crippen LogP contribution is -2.33. The summed E-state index contributed by atoms with van der Waals surface area (Å²) in [6.45, 7) is 2.07. The highest BCUT2D eigenvalue weighted by Crippen LogP contribution is 2.13. The van der Waals surface area contributed by atoms with Crippen LogP contribution in [0.1, 0.15) is 23.7 Å². The molecule has 0 aromatic heterocycles. The summed E-state index contributed by atoms with van der Waals surface area (Å²) < 4.78 is 31.0. The summed E-state index contributed by atoms with van der Waals surface area (Å²) in [5.74, 6) is -2.59. The summed E-state index contributed by atoms with van der Waals surface area (Å²) in [5, 5.41) is 0. The first-order chi connectivity index (χ1) is 8.99. The Morgan fingerprint density at radius 2 is 2.00 bits per heavy atom. The van der Waals surface area contributed by atoms with Gasteiger partial charge in [0.2, 0.25) is 0 Å². The van der Waals surface area contributed by atoms with Gasteiger partial charge in [0.1, 0.15) is 11.6 Å². The molecule has 1 aromatic carbocycles. The van der Waals surface area contributed by atoms with Crippen LogP contribution in [0.25, 0.3) is 0 Å². The van der Waals surface area contributed by atoms with E-state index in [9.17, 15) is 18.4 Å². The van der Waals surface area contributed by atoms with E-state index in [0.717, 1.165) is 18.2 Å². The van der Waals surface area contributed by atoms with Crippen molar-refractivity contribution in [2.24, 2.45) is 0 Å². The number of nitrogens with zero attached hydrogens (tertiary/aromatic N) is 1. The summed E-state index contributed by atoms with van der Waals surface area (Å²) >= 11 is 0. The van der Waals surface area contributed by atoms with Crippen molar-refractivity contribution in [2.45, 2.75) is 13.3 Å². The fourth-order valence-corrected chi connectivity index (χ4v) is 1.56. The number of hydrogen-bond acceptors (Lipinski definition) is 3. The van der Waals surface area contributed by atoms with E-state index in [1.807, 2.05) is 0 Å². The molecule has 0 radical (unpaired) electrons. The summed E-state index contributed by atoms with van der Waals surface area (Å²) in [7, 11) is 1.24. The Labute approximate surface area is 110 Å². The van der Waals surface area contributed by atoms with E-state index >= 15 is 0 Å². The van der Waals surface area contributed by atoms with Crippen LogP contribution in [0.2, 0.25) is 0 Å². The van der Waals surface area contributed by atoms with Gasteiger partial charge < -0.3 is 9.64 Å². The molecule has 1 rings (SSSR count). The second-order valence-electron chi connectivity index (χ2n) is 3.84. The zero-order valence-electron chi connectivity index (χ0n) is 10.8. The number of hydrogen-bond donors (Lipinski definition) is 0. The van der Waals surface area contributed by atoms with Crippen molar-refractivity contribution in [2.75, 3.05) is 20.2 Å². The van der Waals surface area contributed by atoms with E-state index in [0.29, 0.717) is 0 Å². The largest absolute Gasteiger partial charge is 0.469 e. The summed E-state index contributed by atoms with van der Waals surface area (Å²) in [6, 6.07) is 2.69. The maximum absolute atomic E-state index is 13.5. The summed E-state index contributed by atoms with van der Waals surface area (Å²) in [4.78, 5) is 24.3. The van der Waals surface area contributed by atoms with Crippen LogP contribution in [0.3, 0.4) is 0 Å². The number of carbonyl (C=O) groups excluding carboxylic acids is 2. The maximum atomic E-state index is 13.5. The quantitative estimate of drug-likeness (QED) is 0.769. The number of rotatable bonds is 5. The summed E-state index contributed by atoms with van der Waals surface area (Å²) in [5.41, 5.74) is -0.341. The Balaban J connectivity index is 2.83. The number of carbonyl (C=O) groups is 2. The van der Waals surface area contributed by atoms with Gasteiger partial charge in [-0.2, -0.15) is 0 Å². The SMILES string of the molecule is CCN(CCC(=O)OC)C(=O)c1cc(F)ccc1F. The highest BCUT2D eigenvalue weighted by atomic mass is 19.1. The second-order valence-corrected chi connectivity index (χ2v) is 3.84. The predicted octanol–water partition coefficient (Wildman–Crippen LogP) is 1.99. The Morgan fingerprint density at radius 3 is 2.58 bits per heavy atom. The first-order valence-electron chi connectivity index (χ1n) is 5.80. The topological polar surface area (TPSA) is 46.6 Å². The van der Waals surface area contributed by atoms with Crippen LogP contribution in [-0.4, -0.2) is 37.0 Å². The van der Waals surface area contributed by atoms with E-state index in [1.54, 1.807) is 6.92 Å². The molecule has 1 amide bonds. The highest BCUT2D eigenvalue weighted by molar-refractivity contribution is 5.94. The number of amides is 1. The monoisotopic (exact) mass is 271 g/mol. The van der Waals surface area contributed by atoms with Crippen LogP contribution in [0, 0.1) is 11.6 Å². The highest BCUT2D eigenvalue weighted by Gasteiger charge is 2.19. The molecule has 0 aliphatic heterocycles. The first kappa shape index (κ1) is 15.1. The average Bonchev–Trinajstić information content (AvgIpc) is 2.41. The molecule has 0 saturated heterocycles. The molecule has 0 saturated carbocycles. The van der Waals surface area contributed by atoms with Gasteiger partial charge in [-0.1, -0.05) is 0 Å². The standard InChI is InChI=1S/C13H15F2NO3/c1-3-16(7-6-12(17)19-2)13(18)10-8-9(14)4-5-11(10)15/h4-5,8H,3,6-7H2,1-2H3. The Morgan fingerprint density at radius 1 is 1.32 bits per heavy atom. The molecular weight excluding hydrogens is 256 g/mol. The Hall–Kier alpha value is -1.98. The fourth-order valence-electron chi connectivity index (χ4n) is 1.56. The number of halogens is 2. The van der Waals surface area contributed by atoms with Crippen molar-refractivity contribution in [1.82, 2.24) is 4.90 Å². The van der Waals surface area contributed by atoms with Gasteiger partial charge in [-0.25, -0.2) is 8.78 Å². The van der Waals surface area contributed by atoms with Gasteiger partial charge >= 0.3 is 5.97 Å². The van der Waals surface area contributed by atoms with Crippen LogP contribution < -0.4 is 0 Å². The van der Waals surface area contributed by atoms with Crippen molar-refractivity contribution in [3.8, 4) is 0 Å². The van der Waals surface area contributed by atoms with Crippen molar-refractivity contribution in [3.05, 3.63) is 35.4 Å². The van der Waals surface area contributed by atoms with Crippen molar-refractivity contribution >= 4 is 11.9 Å². The van der Waals surface area contributed by atoms with Gasteiger partial charge in [0.15, 0.2) is 0 Å². The predicted molar refractivity (Wildman–Crippen MR) is 64.6 cm³/mol. The van der Waals surface area contributed by atoms with Gasteiger partial charge in [0, 0.05) is 13.1 Å². The Kier molecular flexibility index (Phi) is 5.41. The molecule has 0 N–H and O–H groups in total. The molecule has 4 nitrogen and oxygen atoms in total. The Bertz CT molecular complexity index is 477. The molecule has 6 heteroatoms. The van der Waals surface area contributed by atoms with E-state index in [4.69, 9.17) is 0 Å². The van der Waals surface area contributed by atoms with E-state index in [-0.39, 0.29) is 25.1 Å². The van der Waals surface area contributed by atoms with Crippen LogP contribution in [-0.2, 0) is 9.53 Å². The molecular formula is C13H15F2NO3. The van der Waals surface area contributed by atoms with Crippen LogP contribution >= 0.6 is 0 Å². The molecule has 0 heterocycles. The molecule has 0 bridgehead atoms. The summed E-state index contributed by atoms with van der Waals surface area (Å²) in [6.07, 6.45) is 0.00696. The normalized spacial score (nSPS) is 10.1. The van der Waals surface area contributed by atoms with Crippen molar-refractivity contribution < 1.29 is 23.1 Å². The molecule has 0 aliphatic carbocycles. The number of methoxy groups -OCH3 is 1. The molecule has 0 aliphatic rings. The first-order valence-corrected chi connectivity index (χ1v) is 5.80. The van der Waals surface area contributed by atoms with Crippen LogP contribution in [0.15, 0.2) is 18.2 Å². The lowest BCUT2D eigenvalue weighted by molar-refractivity contribution is -0.140. The van der Waals surface area contributed by atoms with Crippen molar-refractivity contribution in [3.63, 3.8) is 0 Å². The number of ether oxygens (including phenoxy) is 1. The van der Waals surface area contributed by atoms with Gasteiger partial charge in [-0.05, 0) is 25.1 Å². The van der Waals surface area contributed by atoms with Gasteiger partial charge in [0.05, 0.1) is 19.1 Å². The molecule has 0 atom stereocenters. The zero-order chi connectivity index (χ0) is 14.4. The minimum absolute atomic E-state index is 0.00696. The van der Waals surface area contributed by atoms with E-state index in [1.165, 1.54) is 12.0 Å². The van der Waals surface area contributed by atoms with Crippen LogP contribution in [0.5, 0.6) is 0 Å². The van der Waals surface area contributed by atoms with Gasteiger partial charge in [0.25, 0.3) is 5.91 Å². The molecule has 104 valence electrons. The molecule has 19 heavy (non-hydrogen) atoms. The molecule has 0 unspecified atom stereocenters. The lowest BCUT2D eigenvalue weighted by Gasteiger charge is -2.20. The van der Waals surface area contributed by atoms with E-state index < -0.39 is 23.5 Å². The van der Waals surface area contributed by atoms with Crippen molar-refractivity contribution in [1.29, 1.82) is 0 Å². The van der Waals surface area contributed by atoms with E-state index in [2.05, 4.69) is 4.74 Å². The molecule has 0 spiro atoms. The second kappa shape index (κ2) is 6.82. The third-order valence-corrected chi connectivity index (χ3v) is 2.64. The lowest BCUT2D eigenvalue weighted by atomic mass is 10.1. The third kappa shape index (κ3) is 4.01.